The Morgan fingerprint density at radius 3 is 2.32 bits per heavy atom. The summed E-state index contributed by atoms with van der Waals surface area (Å²) >= 11 is 0. The van der Waals surface area contributed by atoms with Gasteiger partial charge in [-0.25, -0.2) is 17.5 Å². The fourth-order valence-corrected chi connectivity index (χ4v) is 4.68. The molecule has 0 saturated heterocycles. The summed E-state index contributed by atoms with van der Waals surface area (Å²) in [5, 5.41) is 18.5. The maximum absolute atomic E-state index is 13.6. The number of nitro groups is 1. The average molecular weight is 548 g/mol. The summed E-state index contributed by atoms with van der Waals surface area (Å²) in [6, 6.07) is 8.42. The lowest BCUT2D eigenvalue weighted by Crippen LogP contribution is -2.28. The van der Waals surface area contributed by atoms with E-state index in [4.69, 9.17) is 4.74 Å². The molecule has 0 radical (unpaired) electrons. The van der Waals surface area contributed by atoms with Crippen molar-refractivity contribution in [3.63, 3.8) is 0 Å². The molecule has 1 heterocycles. The highest BCUT2D eigenvalue weighted by atomic mass is 32.2. The van der Waals surface area contributed by atoms with Crippen molar-refractivity contribution < 1.29 is 27.3 Å². The standard InChI is InChI=1S/C25H30FN5O6S/c1-15(2)13-27-24(32)23-17(5)25(30(29-23)19-8-6-18(26)7-9-19)37-21-11-10-20(31(33)34)12-22(21)38(35,36)28-14-16(3)4/h6-12,15-16,28H,13-14H2,1-5H3,(H,27,32). The molecule has 13 heteroatoms. The SMILES string of the molecule is Cc1c(C(=O)NCC(C)C)nn(-c2ccc(F)cc2)c1Oc1ccc([N+](=O)[O-])cc1S(=O)(=O)NCC(C)C. The zero-order valence-corrected chi connectivity index (χ0v) is 22.5. The minimum absolute atomic E-state index is 0.0135. The number of hydrogen-bond donors (Lipinski definition) is 2. The fraction of sp³-hybridized carbons (Fsp3) is 0.360. The van der Waals surface area contributed by atoms with Gasteiger partial charge in [0.05, 0.1) is 10.6 Å². The van der Waals surface area contributed by atoms with Gasteiger partial charge in [0.25, 0.3) is 11.6 Å². The molecule has 0 aliphatic heterocycles. The molecule has 0 aliphatic carbocycles. The summed E-state index contributed by atoms with van der Waals surface area (Å²) in [5.74, 6) is -1.04. The number of benzene rings is 2. The number of amides is 1. The van der Waals surface area contributed by atoms with E-state index in [2.05, 4.69) is 15.1 Å². The van der Waals surface area contributed by atoms with Crippen LogP contribution in [-0.2, 0) is 10.0 Å². The smallest absolute Gasteiger partial charge is 0.272 e. The van der Waals surface area contributed by atoms with Crippen LogP contribution in [0.2, 0.25) is 0 Å². The molecule has 1 aromatic heterocycles. The van der Waals surface area contributed by atoms with Gasteiger partial charge in [-0.05, 0) is 49.1 Å². The van der Waals surface area contributed by atoms with E-state index in [-0.39, 0.29) is 41.3 Å². The number of carbonyl (C=O) groups is 1. The van der Waals surface area contributed by atoms with Crippen LogP contribution in [0.3, 0.4) is 0 Å². The first-order chi connectivity index (χ1) is 17.8. The molecule has 2 N–H and O–H groups in total. The summed E-state index contributed by atoms with van der Waals surface area (Å²) in [5.41, 5.74) is 0.207. The number of aromatic nitrogens is 2. The van der Waals surface area contributed by atoms with Crippen molar-refractivity contribution in [1.29, 1.82) is 0 Å². The van der Waals surface area contributed by atoms with E-state index in [9.17, 15) is 27.7 Å². The molecule has 204 valence electrons. The molecule has 0 atom stereocenters. The molecule has 3 rings (SSSR count). The molecular weight excluding hydrogens is 517 g/mol. The van der Waals surface area contributed by atoms with E-state index in [1.165, 1.54) is 35.0 Å². The van der Waals surface area contributed by atoms with Crippen molar-refractivity contribution in [2.24, 2.45) is 11.8 Å². The van der Waals surface area contributed by atoms with Gasteiger partial charge in [-0.1, -0.05) is 27.7 Å². The molecule has 1 amide bonds. The monoisotopic (exact) mass is 547 g/mol. The third-order valence-corrected chi connectivity index (χ3v) is 6.79. The molecule has 0 bridgehead atoms. The van der Waals surface area contributed by atoms with Crippen LogP contribution in [0.15, 0.2) is 47.4 Å². The van der Waals surface area contributed by atoms with Gasteiger partial charge in [0, 0.05) is 30.8 Å². The largest absolute Gasteiger partial charge is 0.437 e. The van der Waals surface area contributed by atoms with Gasteiger partial charge in [0.2, 0.25) is 15.9 Å². The van der Waals surface area contributed by atoms with Gasteiger partial charge in [-0.15, -0.1) is 0 Å². The summed E-state index contributed by atoms with van der Waals surface area (Å²) < 4.78 is 49.5. The number of halogens is 1. The maximum Gasteiger partial charge on any atom is 0.272 e. The zero-order valence-electron chi connectivity index (χ0n) is 21.7. The van der Waals surface area contributed by atoms with Crippen molar-refractivity contribution in [3.8, 4) is 17.3 Å². The number of hydrogen-bond acceptors (Lipinski definition) is 7. The quantitative estimate of drug-likeness (QED) is 0.268. The van der Waals surface area contributed by atoms with Gasteiger partial charge in [0.1, 0.15) is 16.5 Å². The number of ether oxygens (including phenoxy) is 1. The third-order valence-electron chi connectivity index (χ3n) is 5.34. The number of nitro benzene ring substituents is 1. The normalized spacial score (nSPS) is 11.7. The molecule has 0 fully saturated rings. The van der Waals surface area contributed by atoms with Gasteiger partial charge in [0.15, 0.2) is 5.69 Å². The van der Waals surface area contributed by atoms with Crippen molar-refractivity contribution in [2.75, 3.05) is 13.1 Å². The Kier molecular flexibility index (Phi) is 8.84. The molecule has 3 aromatic rings. The first-order valence-electron chi connectivity index (χ1n) is 11.9. The second-order valence-electron chi connectivity index (χ2n) is 9.51. The maximum atomic E-state index is 13.6. The van der Waals surface area contributed by atoms with Crippen LogP contribution in [0, 0.1) is 34.7 Å². The fourth-order valence-electron chi connectivity index (χ4n) is 3.32. The van der Waals surface area contributed by atoms with Crippen molar-refractivity contribution in [1.82, 2.24) is 19.8 Å². The van der Waals surface area contributed by atoms with Crippen LogP contribution in [0.1, 0.15) is 43.7 Å². The Hall–Kier alpha value is -3.84. The molecule has 0 unspecified atom stereocenters. The lowest BCUT2D eigenvalue weighted by Gasteiger charge is -2.15. The highest BCUT2D eigenvalue weighted by Crippen LogP contribution is 2.35. The van der Waals surface area contributed by atoms with Gasteiger partial charge >= 0.3 is 0 Å². The van der Waals surface area contributed by atoms with E-state index < -0.39 is 37.3 Å². The lowest BCUT2D eigenvalue weighted by molar-refractivity contribution is -0.385. The topological polar surface area (TPSA) is 145 Å². The molecular formula is C25H30FN5O6S. The van der Waals surface area contributed by atoms with Crippen LogP contribution in [0.25, 0.3) is 5.69 Å². The Labute approximate surface area is 220 Å². The minimum Gasteiger partial charge on any atom is -0.437 e. The first-order valence-corrected chi connectivity index (χ1v) is 13.4. The summed E-state index contributed by atoms with van der Waals surface area (Å²) in [7, 11) is -4.22. The lowest BCUT2D eigenvalue weighted by atomic mass is 10.2. The van der Waals surface area contributed by atoms with Crippen LogP contribution in [0.4, 0.5) is 10.1 Å². The van der Waals surface area contributed by atoms with Gasteiger partial charge < -0.3 is 10.1 Å². The number of nitrogens with one attached hydrogen (secondary N) is 2. The average Bonchev–Trinajstić information content (AvgIpc) is 3.17. The number of non-ortho nitro benzene ring substituents is 1. The van der Waals surface area contributed by atoms with Crippen molar-refractivity contribution >= 4 is 21.6 Å². The summed E-state index contributed by atoms with van der Waals surface area (Å²) in [6.07, 6.45) is 0. The van der Waals surface area contributed by atoms with E-state index in [1.807, 2.05) is 27.7 Å². The Morgan fingerprint density at radius 1 is 1.11 bits per heavy atom. The van der Waals surface area contributed by atoms with E-state index >= 15 is 0 Å². The Balaban J connectivity index is 2.16. The first kappa shape index (κ1) is 28.7. The highest BCUT2D eigenvalue weighted by Gasteiger charge is 2.28. The minimum atomic E-state index is -4.22. The Morgan fingerprint density at radius 2 is 1.74 bits per heavy atom. The predicted molar refractivity (Wildman–Crippen MR) is 139 cm³/mol. The predicted octanol–water partition coefficient (Wildman–Crippen LogP) is 4.34. The summed E-state index contributed by atoms with van der Waals surface area (Å²) in [4.78, 5) is 23.1. The number of carbonyl (C=O) groups excluding carboxylic acids is 1. The molecule has 0 saturated carbocycles. The van der Waals surface area contributed by atoms with E-state index in [0.29, 0.717) is 12.2 Å². The van der Waals surface area contributed by atoms with Crippen LogP contribution >= 0.6 is 0 Å². The van der Waals surface area contributed by atoms with Gasteiger partial charge in [-0.3, -0.25) is 14.9 Å². The number of sulfonamides is 1. The summed E-state index contributed by atoms with van der Waals surface area (Å²) in [6.45, 7) is 9.55. The molecule has 2 aromatic carbocycles. The zero-order chi connectivity index (χ0) is 28.2. The van der Waals surface area contributed by atoms with Crippen molar-refractivity contribution in [3.05, 3.63) is 69.7 Å². The van der Waals surface area contributed by atoms with Crippen LogP contribution < -0.4 is 14.8 Å². The molecule has 0 aliphatic rings. The second kappa shape index (κ2) is 11.7. The number of nitrogens with zero attached hydrogens (tertiary/aromatic N) is 3. The van der Waals surface area contributed by atoms with Crippen LogP contribution in [-0.4, -0.2) is 42.1 Å². The van der Waals surface area contributed by atoms with E-state index in [1.54, 1.807) is 6.92 Å². The highest BCUT2D eigenvalue weighted by molar-refractivity contribution is 7.89. The Bertz CT molecular complexity index is 1440. The third kappa shape index (κ3) is 6.72. The number of rotatable bonds is 11. The van der Waals surface area contributed by atoms with E-state index in [0.717, 1.165) is 12.1 Å². The van der Waals surface area contributed by atoms with Gasteiger partial charge in [-0.2, -0.15) is 9.78 Å². The van der Waals surface area contributed by atoms with Crippen LogP contribution in [0.5, 0.6) is 11.6 Å². The molecule has 11 nitrogen and oxygen atoms in total. The second-order valence-corrected chi connectivity index (χ2v) is 11.2. The molecule has 38 heavy (non-hydrogen) atoms. The van der Waals surface area contributed by atoms with Crippen molar-refractivity contribution in [2.45, 2.75) is 39.5 Å². The molecule has 0 spiro atoms.